The third-order valence-electron chi connectivity index (χ3n) is 3.13. The molecule has 0 saturated heterocycles. The molecule has 0 saturated carbocycles. The summed E-state index contributed by atoms with van der Waals surface area (Å²) in [6.45, 7) is 1.72. The van der Waals surface area contributed by atoms with Crippen molar-refractivity contribution in [3.8, 4) is 12.3 Å². The largest absolute Gasteiger partial charge is 0.480 e. The molecular weight excluding hydrogens is 298 g/mol. The molecule has 0 radical (unpaired) electrons. The molecule has 6 nitrogen and oxygen atoms in total. The van der Waals surface area contributed by atoms with Crippen molar-refractivity contribution in [2.75, 3.05) is 6.61 Å². The molecule has 0 aliphatic carbocycles. The molecule has 1 aromatic rings. The van der Waals surface area contributed by atoms with E-state index in [-0.39, 0.29) is 17.7 Å². The molecule has 1 unspecified atom stereocenters. The summed E-state index contributed by atoms with van der Waals surface area (Å²) in [4.78, 5) is 35.4. The quantitative estimate of drug-likeness (QED) is 0.564. The van der Waals surface area contributed by atoms with Crippen LogP contribution in [0.25, 0.3) is 0 Å². The maximum atomic E-state index is 12.3. The zero-order valence-electron chi connectivity index (χ0n) is 12.9. The van der Waals surface area contributed by atoms with E-state index in [2.05, 4.69) is 11.2 Å². The van der Waals surface area contributed by atoms with E-state index in [9.17, 15) is 14.4 Å². The summed E-state index contributed by atoms with van der Waals surface area (Å²) in [7, 11) is 0. The van der Waals surface area contributed by atoms with E-state index >= 15 is 0 Å². The lowest BCUT2D eigenvalue weighted by Crippen LogP contribution is -2.41. The van der Waals surface area contributed by atoms with Gasteiger partial charge in [0.2, 0.25) is 0 Å². The predicted octanol–water partition coefficient (Wildman–Crippen LogP) is 1.85. The standard InChI is InChI=1S/C17H19NO5/c1-3-5-10-14(16(20)21)18-15(19)12-8-6-7-9-13(12)17(22)23-11-4-2/h2,6-9,14H,3,5,10-11H2,1H3,(H,18,19)(H,20,21). The summed E-state index contributed by atoms with van der Waals surface area (Å²) in [6.07, 6.45) is 6.83. The molecule has 0 bridgehead atoms. The van der Waals surface area contributed by atoms with Gasteiger partial charge in [0.15, 0.2) is 6.61 Å². The van der Waals surface area contributed by atoms with Crippen LogP contribution in [0.5, 0.6) is 0 Å². The number of hydrogen-bond acceptors (Lipinski definition) is 4. The van der Waals surface area contributed by atoms with E-state index < -0.39 is 23.9 Å². The Morgan fingerprint density at radius 3 is 2.52 bits per heavy atom. The average Bonchev–Trinajstić information content (AvgIpc) is 2.55. The summed E-state index contributed by atoms with van der Waals surface area (Å²) >= 11 is 0. The Morgan fingerprint density at radius 2 is 1.96 bits per heavy atom. The molecule has 0 aliphatic heterocycles. The number of ether oxygens (including phenoxy) is 1. The number of carbonyl (C=O) groups is 3. The lowest BCUT2D eigenvalue weighted by molar-refractivity contribution is -0.139. The highest BCUT2D eigenvalue weighted by Crippen LogP contribution is 2.12. The van der Waals surface area contributed by atoms with E-state index in [4.69, 9.17) is 16.3 Å². The molecule has 6 heteroatoms. The van der Waals surface area contributed by atoms with Crippen LogP contribution in [0.2, 0.25) is 0 Å². The van der Waals surface area contributed by atoms with E-state index in [1.165, 1.54) is 12.1 Å². The maximum absolute atomic E-state index is 12.3. The van der Waals surface area contributed by atoms with Gasteiger partial charge < -0.3 is 15.2 Å². The molecule has 0 aromatic heterocycles. The summed E-state index contributed by atoms with van der Waals surface area (Å²) in [5, 5.41) is 11.6. The van der Waals surface area contributed by atoms with Gasteiger partial charge in [0.1, 0.15) is 6.04 Å². The van der Waals surface area contributed by atoms with Crippen LogP contribution in [0.15, 0.2) is 24.3 Å². The molecule has 0 aliphatic rings. The molecule has 122 valence electrons. The Labute approximate surface area is 134 Å². The van der Waals surface area contributed by atoms with Crippen LogP contribution in [0.3, 0.4) is 0 Å². The monoisotopic (exact) mass is 317 g/mol. The number of benzene rings is 1. The van der Waals surface area contributed by atoms with Gasteiger partial charge in [0.25, 0.3) is 5.91 Å². The minimum atomic E-state index is -1.11. The molecule has 23 heavy (non-hydrogen) atoms. The van der Waals surface area contributed by atoms with Gasteiger partial charge in [-0.2, -0.15) is 0 Å². The number of hydrogen-bond donors (Lipinski definition) is 2. The van der Waals surface area contributed by atoms with E-state index in [0.717, 1.165) is 6.42 Å². The van der Waals surface area contributed by atoms with Crippen molar-refractivity contribution in [3.63, 3.8) is 0 Å². The van der Waals surface area contributed by atoms with Crippen LogP contribution in [0.1, 0.15) is 46.9 Å². The summed E-state index contributed by atoms with van der Waals surface area (Å²) in [6, 6.07) is 5.01. The minimum Gasteiger partial charge on any atom is -0.480 e. The number of carbonyl (C=O) groups excluding carboxylic acids is 2. The van der Waals surface area contributed by atoms with E-state index in [1.54, 1.807) is 12.1 Å². The van der Waals surface area contributed by atoms with Gasteiger partial charge in [0.05, 0.1) is 11.1 Å². The number of aliphatic carboxylic acids is 1. The zero-order valence-corrected chi connectivity index (χ0v) is 12.9. The smallest absolute Gasteiger partial charge is 0.339 e. The lowest BCUT2D eigenvalue weighted by Gasteiger charge is -2.15. The molecule has 1 aromatic carbocycles. The second-order valence-electron chi connectivity index (χ2n) is 4.83. The van der Waals surface area contributed by atoms with Gasteiger partial charge in [-0.1, -0.05) is 37.8 Å². The Hall–Kier alpha value is -2.81. The number of carboxylic acid groups (broad SMARTS) is 1. The highest BCUT2D eigenvalue weighted by Gasteiger charge is 2.23. The van der Waals surface area contributed by atoms with Crippen molar-refractivity contribution >= 4 is 17.8 Å². The second-order valence-corrected chi connectivity index (χ2v) is 4.83. The number of amides is 1. The zero-order chi connectivity index (χ0) is 17.2. The average molecular weight is 317 g/mol. The Kier molecular flexibility index (Phi) is 7.34. The number of unbranched alkanes of at least 4 members (excludes halogenated alkanes) is 1. The van der Waals surface area contributed by atoms with Crippen molar-refractivity contribution < 1.29 is 24.2 Å². The first-order valence-corrected chi connectivity index (χ1v) is 7.24. The third-order valence-corrected chi connectivity index (χ3v) is 3.13. The van der Waals surface area contributed by atoms with Gasteiger partial charge in [-0.3, -0.25) is 4.79 Å². The fraction of sp³-hybridized carbons (Fsp3) is 0.353. The van der Waals surface area contributed by atoms with E-state index in [1.807, 2.05) is 6.92 Å². The van der Waals surface area contributed by atoms with Crippen molar-refractivity contribution in [2.24, 2.45) is 0 Å². The number of rotatable bonds is 8. The molecule has 1 atom stereocenters. The van der Waals surface area contributed by atoms with Crippen molar-refractivity contribution in [2.45, 2.75) is 32.2 Å². The van der Waals surface area contributed by atoms with Gasteiger partial charge in [-0.05, 0) is 18.6 Å². The molecule has 0 heterocycles. The third kappa shape index (κ3) is 5.47. The first-order chi connectivity index (χ1) is 11.0. The molecule has 1 amide bonds. The first-order valence-electron chi connectivity index (χ1n) is 7.24. The number of nitrogens with one attached hydrogen (secondary N) is 1. The Morgan fingerprint density at radius 1 is 1.30 bits per heavy atom. The van der Waals surface area contributed by atoms with E-state index in [0.29, 0.717) is 12.8 Å². The van der Waals surface area contributed by atoms with Crippen LogP contribution >= 0.6 is 0 Å². The predicted molar refractivity (Wildman–Crippen MR) is 84.0 cm³/mol. The SMILES string of the molecule is C#CCOC(=O)c1ccccc1C(=O)NC(CCCC)C(=O)O. The number of terminal acetylenes is 1. The fourth-order valence-electron chi connectivity index (χ4n) is 1.95. The molecule has 0 spiro atoms. The lowest BCUT2D eigenvalue weighted by atomic mass is 10.1. The number of carboxylic acids is 1. The highest BCUT2D eigenvalue weighted by atomic mass is 16.5. The number of esters is 1. The molecule has 0 fully saturated rings. The van der Waals surface area contributed by atoms with Crippen LogP contribution in [0, 0.1) is 12.3 Å². The summed E-state index contributed by atoms with van der Waals surface area (Å²) in [5.41, 5.74) is 0.0946. The topological polar surface area (TPSA) is 92.7 Å². The Balaban J connectivity index is 2.93. The first kappa shape index (κ1) is 18.2. The summed E-state index contributed by atoms with van der Waals surface area (Å²) < 4.78 is 4.81. The van der Waals surface area contributed by atoms with Crippen LogP contribution in [-0.2, 0) is 9.53 Å². The van der Waals surface area contributed by atoms with Gasteiger partial charge in [-0.15, -0.1) is 6.42 Å². The van der Waals surface area contributed by atoms with Gasteiger partial charge in [0, 0.05) is 0 Å². The second kappa shape index (κ2) is 9.26. The molecular formula is C17H19NO5. The van der Waals surface area contributed by atoms with Crippen LogP contribution in [0.4, 0.5) is 0 Å². The maximum Gasteiger partial charge on any atom is 0.339 e. The van der Waals surface area contributed by atoms with Crippen molar-refractivity contribution in [3.05, 3.63) is 35.4 Å². The summed E-state index contributed by atoms with van der Waals surface area (Å²) in [5.74, 6) is -0.311. The van der Waals surface area contributed by atoms with Crippen LogP contribution < -0.4 is 5.32 Å². The molecule has 1 rings (SSSR count). The molecule has 2 N–H and O–H groups in total. The van der Waals surface area contributed by atoms with Gasteiger partial charge in [-0.25, -0.2) is 9.59 Å². The van der Waals surface area contributed by atoms with Crippen molar-refractivity contribution in [1.29, 1.82) is 0 Å². The van der Waals surface area contributed by atoms with Gasteiger partial charge >= 0.3 is 11.9 Å². The normalized spacial score (nSPS) is 11.1. The van der Waals surface area contributed by atoms with Crippen molar-refractivity contribution in [1.82, 2.24) is 5.32 Å². The highest BCUT2D eigenvalue weighted by molar-refractivity contribution is 6.06. The fourth-order valence-corrected chi connectivity index (χ4v) is 1.95. The van der Waals surface area contributed by atoms with Crippen LogP contribution in [-0.4, -0.2) is 35.6 Å². The minimum absolute atomic E-state index is 0.0416. The Bertz CT molecular complexity index is 618.